The Kier molecular flexibility index (Phi) is 5.77. The minimum absolute atomic E-state index is 0.00525. The fourth-order valence-corrected chi connectivity index (χ4v) is 5.55. The molecule has 1 atom stereocenters. The molecule has 32 heavy (non-hydrogen) atoms. The number of benzene rings is 2. The molecular weight excluding hydrogens is 444 g/mol. The maximum absolute atomic E-state index is 12.9. The number of thiophene rings is 1. The molecule has 0 spiro atoms. The summed E-state index contributed by atoms with van der Waals surface area (Å²) in [4.78, 5) is 15.4. The topological polar surface area (TPSA) is 99.3 Å². The zero-order valence-electron chi connectivity index (χ0n) is 18.0. The normalized spacial score (nSPS) is 12.7. The first-order chi connectivity index (χ1) is 15.7. The minimum atomic E-state index is -4.06. The van der Waals surface area contributed by atoms with Gasteiger partial charge >= 0.3 is 5.97 Å². The van der Waals surface area contributed by atoms with Gasteiger partial charge in [0.1, 0.15) is 10.3 Å². The van der Waals surface area contributed by atoms with Crippen molar-refractivity contribution in [1.82, 2.24) is 9.71 Å². The predicted octanol–water partition coefficient (Wildman–Crippen LogP) is 3.91. The molecule has 0 aliphatic heterocycles. The second-order valence-electron chi connectivity index (χ2n) is 7.24. The Bertz CT molecular complexity index is 1490. The number of sulfonamides is 1. The lowest BCUT2D eigenvalue weighted by molar-refractivity contribution is -0.138. The molecule has 8 heteroatoms. The Morgan fingerprint density at radius 3 is 2.72 bits per heavy atom. The first-order valence-corrected chi connectivity index (χ1v) is 12.0. The van der Waals surface area contributed by atoms with Crippen molar-refractivity contribution in [2.45, 2.75) is 23.6 Å². The van der Waals surface area contributed by atoms with E-state index in [9.17, 15) is 18.3 Å². The van der Waals surface area contributed by atoms with E-state index in [-0.39, 0.29) is 16.7 Å². The summed E-state index contributed by atoms with van der Waals surface area (Å²) >= 11 is 0.980. The number of aliphatic carboxylic acids is 1. The van der Waals surface area contributed by atoms with E-state index >= 15 is 0 Å². The van der Waals surface area contributed by atoms with Crippen molar-refractivity contribution in [1.29, 1.82) is 0 Å². The highest BCUT2D eigenvalue weighted by Gasteiger charge is 2.27. The second-order valence-corrected chi connectivity index (χ2v) is 10.3. The molecule has 0 bridgehead atoms. The number of hydrogen-bond acceptors (Lipinski definition) is 4. The number of nitrogens with one attached hydrogen (secondary N) is 2. The highest BCUT2D eigenvalue weighted by atomic mass is 32.2. The van der Waals surface area contributed by atoms with Crippen LogP contribution in [0.3, 0.4) is 0 Å². The monoisotopic (exact) mass is 465 g/mol. The lowest BCUT2D eigenvalue weighted by atomic mass is 10.1. The number of H-pyrrole nitrogens is 1. The van der Waals surface area contributed by atoms with Gasteiger partial charge in [-0.25, -0.2) is 8.42 Å². The lowest BCUT2D eigenvalue weighted by Crippen LogP contribution is -2.41. The number of hydrogen-bond donors (Lipinski definition) is 3. The third kappa shape index (κ3) is 4.92. The highest BCUT2D eigenvalue weighted by molar-refractivity contribution is 7.91. The van der Waals surface area contributed by atoms with Crippen LogP contribution in [0.4, 0.5) is 0 Å². The van der Waals surface area contributed by atoms with E-state index in [4.69, 9.17) is 1.37 Å². The van der Waals surface area contributed by atoms with Crippen LogP contribution in [-0.2, 0) is 21.2 Å². The average molecular weight is 466 g/mol. The Labute approximate surface area is 191 Å². The number of rotatable bonds is 6. The van der Waals surface area contributed by atoms with Gasteiger partial charge in [0.2, 0.25) is 0 Å². The molecule has 3 N–H and O–H groups in total. The van der Waals surface area contributed by atoms with E-state index in [2.05, 4.69) is 21.5 Å². The van der Waals surface area contributed by atoms with Crippen LogP contribution in [0.2, 0.25) is 0 Å². The highest BCUT2D eigenvalue weighted by Crippen LogP contribution is 2.23. The molecule has 0 saturated heterocycles. The molecule has 162 valence electrons. The molecule has 0 saturated carbocycles. The van der Waals surface area contributed by atoms with Crippen molar-refractivity contribution in [3.05, 3.63) is 88.4 Å². The predicted molar refractivity (Wildman–Crippen MR) is 125 cm³/mol. The number of carboxylic acid groups (broad SMARTS) is 1. The molecule has 2 aromatic heterocycles. The standard InChI is InChI=1S/C24H20N2O4S2/c1-16-6-8-17(9-7-16)10-11-19-12-13-23(31-19)32(29,30)26-22(24(27)28)14-18-15-25-21-5-3-2-4-20(18)21/h2-9,12-13,15,22,25-26H,14H2,1H3,(H,27,28)/t22-/m0/s1/i2D. The van der Waals surface area contributed by atoms with Gasteiger partial charge in [0.05, 0.1) is 6.25 Å². The van der Waals surface area contributed by atoms with E-state index < -0.39 is 22.0 Å². The van der Waals surface area contributed by atoms with Crippen LogP contribution < -0.4 is 4.72 Å². The summed E-state index contributed by atoms with van der Waals surface area (Å²) in [6.45, 7) is 1.98. The van der Waals surface area contributed by atoms with E-state index in [0.29, 0.717) is 15.8 Å². The third-order valence-corrected chi connectivity index (χ3v) is 7.82. The van der Waals surface area contributed by atoms with Gasteiger partial charge in [-0.05, 0) is 42.8 Å². The molecule has 0 radical (unpaired) electrons. The summed E-state index contributed by atoms with van der Waals surface area (Å²) in [6.07, 6.45) is 1.57. The van der Waals surface area contributed by atoms with Crippen molar-refractivity contribution in [2.75, 3.05) is 0 Å². The van der Waals surface area contributed by atoms with Crippen LogP contribution in [0.1, 0.15) is 22.9 Å². The van der Waals surface area contributed by atoms with Crippen molar-refractivity contribution in [3.8, 4) is 11.8 Å². The average Bonchev–Trinajstić information content (AvgIpc) is 3.40. The second kappa shape index (κ2) is 9.01. The zero-order valence-corrected chi connectivity index (χ0v) is 18.7. The van der Waals surface area contributed by atoms with Crippen LogP contribution in [-0.4, -0.2) is 30.5 Å². The van der Waals surface area contributed by atoms with Crippen molar-refractivity contribution < 1.29 is 19.7 Å². The molecule has 0 aliphatic rings. The maximum atomic E-state index is 12.9. The van der Waals surface area contributed by atoms with E-state index in [1.165, 1.54) is 6.07 Å². The first-order valence-electron chi connectivity index (χ1n) is 10.2. The Hall–Kier alpha value is -3.38. The largest absolute Gasteiger partial charge is 0.480 e. The van der Waals surface area contributed by atoms with Crippen molar-refractivity contribution in [2.24, 2.45) is 0 Å². The number of aryl methyl sites for hydroxylation is 1. The summed E-state index contributed by atoms with van der Waals surface area (Å²) < 4.78 is 35.8. The number of carboxylic acids is 1. The van der Waals surface area contributed by atoms with Crippen LogP contribution >= 0.6 is 11.3 Å². The van der Waals surface area contributed by atoms with Crippen molar-refractivity contribution >= 4 is 38.2 Å². The van der Waals surface area contributed by atoms with E-state index in [0.717, 1.165) is 28.0 Å². The molecule has 4 aromatic rings. The van der Waals surface area contributed by atoms with Gasteiger partial charge in [0.25, 0.3) is 10.0 Å². The molecular formula is C24H20N2O4S2. The van der Waals surface area contributed by atoms with Crippen LogP contribution in [0.25, 0.3) is 10.9 Å². The SMILES string of the molecule is [2H]c1ccc2[nH]cc(C[C@H](NS(=O)(=O)c3ccc(C#Cc4ccc(C)cc4)s3)C(=O)O)c2c1. The van der Waals surface area contributed by atoms with E-state index in [1.807, 2.05) is 31.2 Å². The van der Waals surface area contributed by atoms with Gasteiger partial charge in [-0.1, -0.05) is 47.7 Å². The number of aromatic amines is 1. The molecule has 2 aromatic carbocycles. The summed E-state index contributed by atoms with van der Waals surface area (Å²) in [5.41, 5.74) is 3.31. The van der Waals surface area contributed by atoms with Gasteiger partial charge in [-0.2, -0.15) is 4.72 Å². The smallest absolute Gasteiger partial charge is 0.322 e. The third-order valence-electron chi connectivity index (χ3n) is 4.86. The fourth-order valence-electron chi connectivity index (χ4n) is 3.18. The van der Waals surface area contributed by atoms with E-state index in [1.54, 1.807) is 30.5 Å². The Morgan fingerprint density at radius 1 is 1.19 bits per heavy atom. The molecule has 0 aliphatic carbocycles. The Morgan fingerprint density at radius 2 is 1.97 bits per heavy atom. The zero-order chi connectivity index (χ0) is 23.6. The number of para-hydroxylation sites is 1. The minimum Gasteiger partial charge on any atom is -0.480 e. The van der Waals surface area contributed by atoms with Crippen LogP contribution in [0, 0.1) is 18.8 Å². The van der Waals surface area contributed by atoms with Crippen molar-refractivity contribution in [3.63, 3.8) is 0 Å². The molecule has 6 nitrogen and oxygen atoms in total. The lowest BCUT2D eigenvalue weighted by Gasteiger charge is -2.13. The number of carbonyl (C=O) groups is 1. The maximum Gasteiger partial charge on any atom is 0.322 e. The molecule has 0 amide bonds. The number of aromatic nitrogens is 1. The van der Waals surface area contributed by atoms with Crippen LogP contribution in [0.5, 0.6) is 0 Å². The Balaban J connectivity index is 1.53. The first kappa shape index (κ1) is 20.5. The van der Waals surface area contributed by atoms with Gasteiger partial charge < -0.3 is 10.1 Å². The summed E-state index contributed by atoms with van der Waals surface area (Å²) in [5.74, 6) is 4.66. The molecule has 0 unspecified atom stereocenters. The van der Waals surface area contributed by atoms with Gasteiger partial charge in [-0.3, -0.25) is 4.79 Å². The van der Waals surface area contributed by atoms with Crippen LogP contribution in [0.15, 0.2) is 71.0 Å². The fraction of sp³-hybridized carbons (Fsp3) is 0.125. The van der Waals surface area contributed by atoms with Gasteiger partial charge in [-0.15, -0.1) is 11.3 Å². The number of fused-ring (bicyclic) bond motifs is 1. The molecule has 0 fully saturated rings. The summed E-state index contributed by atoms with van der Waals surface area (Å²) in [6, 6.07) is 14.6. The summed E-state index contributed by atoms with van der Waals surface area (Å²) in [7, 11) is -4.06. The quantitative estimate of drug-likeness (QED) is 0.376. The van der Waals surface area contributed by atoms with Gasteiger partial charge in [0, 0.05) is 29.1 Å². The summed E-state index contributed by atoms with van der Waals surface area (Å²) in [5, 5.41) is 10.3. The molecule has 2 heterocycles. The molecule has 4 rings (SSSR count). The van der Waals surface area contributed by atoms with Gasteiger partial charge in [0.15, 0.2) is 0 Å².